The highest BCUT2D eigenvalue weighted by Crippen LogP contribution is 2.51. The summed E-state index contributed by atoms with van der Waals surface area (Å²) in [6.07, 6.45) is 0. The van der Waals surface area contributed by atoms with Gasteiger partial charge in [-0.2, -0.15) is 4.57 Å². The fraction of sp³-hybridized carbons (Fsp3) is 0. The zero-order valence-corrected chi connectivity index (χ0v) is 22.4. The van der Waals surface area contributed by atoms with Gasteiger partial charge in [0.2, 0.25) is 0 Å². The first kappa shape index (κ1) is 26.2. The highest BCUT2D eigenvalue weighted by Gasteiger charge is 2.34. The summed E-state index contributed by atoms with van der Waals surface area (Å²) in [7, 11) is -8.11. The van der Waals surface area contributed by atoms with Gasteiger partial charge >= 0.3 is 15.4 Å². The number of rotatable bonds is 11. The molecule has 0 spiro atoms. The van der Waals surface area contributed by atoms with Crippen molar-refractivity contribution in [1.82, 2.24) is 0 Å². The fourth-order valence-corrected chi connectivity index (χ4v) is 6.31. The van der Waals surface area contributed by atoms with Gasteiger partial charge in [-0.05, 0) is 60.7 Å². The van der Waals surface area contributed by atoms with Crippen LogP contribution in [0.4, 0.5) is 0 Å². The predicted octanol–water partition coefficient (Wildman–Crippen LogP) is 8.31. The van der Waals surface area contributed by atoms with Gasteiger partial charge < -0.3 is 22.6 Å². The normalized spacial score (nSPS) is 12.5. The van der Waals surface area contributed by atoms with Gasteiger partial charge in [0.05, 0.1) is 5.30 Å². The largest absolute Gasteiger partial charge is 0.647 e. The Labute approximate surface area is 226 Å². The van der Waals surface area contributed by atoms with E-state index in [1.807, 2.05) is 12.1 Å². The van der Waals surface area contributed by atoms with E-state index in [0.29, 0.717) is 22.6 Å². The minimum atomic E-state index is -4.22. The van der Waals surface area contributed by atoms with Gasteiger partial charge in [-0.3, -0.25) is 0 Å². The molecule has 196 valence electrons. The van der Waals surface area contributed by atoms with Gasteiger partial charge in [-0.1, -0.05) is 78.9 Å². The molecule has 0 heterocycles. The Morgan fingerprint density at radius 1 is 0.359 bits per heavy atom. The summed E-state index contributed by atoms with van der Waals surface area (Å²) in [4.78, 5) is 0. The number of benzene rings is 5. The SMILES string of the molecule is O=P(Oc1ccccc1)(Oc1ccccc1)Oc1cccc(OP(=O)(Oc2ccccc2)c2ccccc2)c1. The predicted molar refractivity (Wildman–Crippen MR) is 150 cm³/mol. The van der Waals surface area contributed by atoms with Crippen LogP contribution < -0.4 is 27.9 Å². The first-order chi connectivity index (χ1) is 19.0. The van der Waals surface area contributed by atoms with E-state index in [-0.39, 0.29) is 11.5 Å². The second-order valence-electron chi connectivity index (χ2n) is 8.15. The van der Waals surface area contributed by atoms with Crippen LogP contribution in [0.15, 0.2) is 146 Å². The molecule has 0 aliphatic carbocycles. The molecule has 9 heteroatoms. The molecule has 0 saturated heterocycles. The van der Waals surface area contributed by atoms with Crippen LogP contribution in [0.25, 0.3) is 0 Å². The van der Waals surface area contributed by atoms with Crippen LogP contribution in [0.1, 0.15) is 0 Å². The monoisotopic (exact) mass is 558 g/mol. The van der Waals surface area contributed by atoms with Gasteiger partial charge in [0, 0.05) is 6.07 Å². The fourth-order valence-electron chi connectivity index (χ4n) is 3.49. The lowest BCUT2D eigenvalue weighted by Gasteiger charge is -2.21. The zero-order chi connectivity index (χ0) is 27.0. The lowest BCUT2D eigenvalue weighted by molar-refractivity contribution is 0.298. The molecule has 0 aliphatic rings. The third-order valence-corrected chi connectivity index (χ3v) is 8.35. The molecule has 5 aromatic rings. The lowest BCUT2D eigenvalue weighted by atomic mass is 10.3. The Hall–Kier alpha value is -4.44. The van der Waals surface area contributed by atoms with Gasteiger partial charge in [0.1, 0.15) is 28.7 Å². The molecular formula is C30H24O7P2. The standard InChI is InChI=1S/C30H24O7P2/c31-38(30-22-11-4-12-23-30,33-25-14-5-1-6-15-25)34-28-20-13-21-29(24-28)37-39(32,35-26-16-7-2-8-17-26)36-27-18-9-3-10-19-27/h1-24H. The van der Waals surface area contributed by atoms with Gasteiger partial charge in [0.15, 0.2) is 0 Å². The topological polar surface area (TPSA) is 80.3 Å². The quantitative estimate of drug-likeness (QED) is 0.151. The number of hydrogen-bond donors (Lipinski definition) is 0. The Morgan fingerprint density at radius 3 is 1.18 bits per heavy atom. The third-order valence-electron chi connectivity index (χ3n) is 5.21. The summed E-state index contributed by atoms with van der Waals surface area (Å²) in [6, 6.07) is 40.7. The molecule has 0 radical (unpaired) electrons. The highest BCUT2D eigenvalue weighted by atomic mass is 31.2. The number of phosphoric acid groups is 1. The Bertz CT molecular complexity index is 1540. The second-order valence-corrected chi connectivity index (χ2v) is 11.5. The van der Waals surface area contributed by atoms with Crippen LogP contribution in [0, 0.1) is 0 Å². The molecule has 0 saturated carbocycles. The molecular weight excluding hydrogens is 534 g/mol. The molecule has 1 unspecified atom stereocenters. The van der Waals surface area contributed by atoms with Crippen LogP contribution >= 0.6 is 15.4 Å². The average molecular weight is 558 g/mol. The summed E-state index contributed by atoms with van der Waals surface area (Å²) in [5.41, 5.74) is 0. The minimum absolute atomic E-state index is 0.113. The van der Waals surface area contributed by atoms with Crippen LogP contribution in [-0.4, -0.2) is 0 Å². The molecule has 0 amide bonds. The molecule has 1 atom stereocenters. The number of hydrogen-bond acceptors (Lipinski definition) is 7. The molecule has 0 N–H and O–H groups in total. The average Bonchev–Trinajstić information content (AvgIpc) is 2.95. The van der Waals surface area contributed by atoms with Crippen molar-refractivity contribution in [2.24, 2.45) is 0 Å². The van der Waals surface area contributed by atoms with Crippen LogP contribution in [0.3, 0.4) is 0 Å². The second kappa shape index (κ2) is 12.0. The van der Waals surface area contributed by atoms with E-state index in [4.69, 9.17) is 22.6 Å². The number of phosphoric ester groups is 1. The number of para-hydroxylation sites is 3. The molecule has 5 aromatic carbocycles. The van der Waals surface area contributed by atoms with Crippen LogP contribution in [-0.2, 0) is 9.13 Å². The maximum Gasteiger partial charge on any atom is 0.647 e. The summed E-state index contributed by atoms with van der Waals surface area (Å²) < 4.78 is 56.9. The first-order valence-electron chi connectivity index (χ1n) is 12.0. The zero-order valence-electron chi connectivity index (χ0n) is 20.6. The van der Waals surface area contributed by atoms with E-state index in [9.17, 15) is 9.13 Å². The lowest BCUT2D eigenvalue weighted by Crippen LogP contribution is -2.14. The van der Waals surface area contributed by atoms with Crippen molar-refractivity contribution in [3.05, 3.63) is 146 Å². The van der Waals surface area contributed by atoms with Crippen molar-refractivity contribution < 1.29 is 31.7 Å². The molecule has 7 nitrogen and oxygen atoms in total. The smallest absolute Gasteiger partial charge is 0.413 e. The molecule has 5 rings (SSSR count). The highest BCUT2D eigenvalue weighted by molar-refractivity contribution is 7.63. The van der Waals surface area contributed by atoms with E-state index in [0.717, 1.165) is 0 Å². The van der Waals surface area contributed by atoms with Gasteiger partial charge in [0.25, 0.3) is 0 Å². The van der Waals surface area contributed by atoms with Crippen molar-refractivity contribution in [2.75, 3.05) is 0 Å². The van der Waals surface area contributed by atoms with Crippen molar-refractivity contribution >= 4 is 20.7 Å². The van der Waals surface area contributed by atoms with Crippen molar-refractivity contribution in [2.45, 2.75) is 0 Å². The molecule has 0 aromatic heterocycles. The van der Waals surface area contributed by atoms with Gasteiger partial charge in [-0.15, -0.1) is 0 Å². The van der Waals surface area contributed by atoms with E-state index in [2.05, 4.69) is 0 Å². The Balaban J connectivity index is 1.43. The molecule has 39 heavy (non-hydrogen) atoms. The van der Waals surface area contributed by atoms with Crippen LogP contribution in [0.5, 0.6) is 28.7 Å². The summed E-state index contributed by atoms with van der Waals surface area (Å²) >= 11 is 0. The summed E-state index contributed by atoms with van der Waals surface area (Å²) in [6.45, 7) is 0. The van der Waals surface area contributed by atoms with E-state index in [1.165, 1.54) is 6.07 Å². The maximum atomic E-state index is 14.0. The Kier molecular flexibility index (Phi) is 8.02. The van der Waals surface area contributed by atoms with Crippen molar-refractivity contribution in [3.63, 3.8) is 0 Å². The molecule has 0 aliphatic heterocycles. The summed E-state index contributed by atoms with van der Waals surface area (Å²) in [5, 5.41) is 0.366. The maximum absolute atomic E-state index is 14.0. The summed E-state index contributed by atoms with van der Waals surface area (Å²) in [5.74, 6) is 1.26. The third kappa shape index (κ3) is 7.11. The molecule has 0 bridgehead atoms. The molecule has 0 fully saturated rings. The Morgan fingerprint density at radius 2 is 0.692 bits per heavy atom. The minimum Gasteiger partial charge on any atom is -0.413 e. The van der Waals surface area contributed by atoms with E-state index < -0.39 is 15.4 Å². The van der Waals surface area contributed by atoms with Crippen LogP contribution in [0.2, 0.25) is 0 Å². The van der Waals surface area contributed by atoms with E-state index in [1.54, 1.807) is 127 Å². The van der Waals surface area contributed by atoms with Gasteiger partial charge in [-0.25, -0.2) is 4.57 Å². The van der Waals surface area contributed by atoms with Crippen molar-refractivity contribution in [1.29, 1.82) is 0 Å². The van der Waals surface area contributed by atoms with E-state index >= 15 is 0 Å². The van der Waals surface area contributed by atoms with Crippen molar-refractivity contribution in [3.8, 4) is 28.7 Å². The first-order valence-corrected chi connectivity index (χ1v) is 15.0.